The molecular weight excluding hydrogens is 338 g/mol. The van der Waals surface area contributed by atoms with Crippen molar-refractivity contribution >= 4 is 17.5 Å². The van der Waals surface area contributed by atoms with Crippen LogP contribution in [0.3, 0.4) is 0 Å². The van der Waals surface area contributed by atoms with E-state index in [4.69, 9.17) is 16.3 Å². The molecule has 1 N–H and O–H groups in total. The van der Waals surface area contributed by atoms with E-state index >= 15 is 0 Å². The van der Waals surface area contributed by atoms with Crippen LogP contribution in [-0.2, 0) is 16.1 Å². The van der Waals surface area contributed by atoms with Crippen molar-refractivity contribution in [3.63, 3.8) is 0 Å². The second kappa shape index (κ2) is 10.2. The largest absolute Gasteiger partial charge is 0.388 e. The third-order valence-electron chi connectivity index (χ3n) is 4.11. The fourth-order valence-corrected chi connectivity index (χ4v) is 2.98. The lowest BCUT2D eigenvalue weighted by molar-refractivity contribution is -0.130. The molecule has 2 aromatic carbocycles. The van der Waals surface area contributed by atoms with Crippen LogP contribution in [0.1, 0.15) is 17.2 Å². The van der Waals surface area contributed by atoms with Crippen molar-refractivity contribution in [3.8, 4) is 0 Å². The smallest absolute Gasteiger partial charge is 0.237 e. The van der Waals surface area contributed by atoms with Crippen molar-refractivity contribution in [1.29, 1.82) is 0 Å². The maximum atomic E-state index is 12.3. The van der Waals surface area contributed by atoms with Gasteiger partial charge >= 0.3 is 0 Å². The van der Waals surface area contributed by atoms with Gasteiger partial charge in [0.05, 0.1) is 12.7 Å². The molecule has 0 fully saturated rings. The van der Waals surface area contributed by atoms with Crippen LogP contribution in [0.2, 0.25) is 0 Å². The Labute approximate surface area is 154 Å². The highest BCUT2D eigenvalue weighted by Gasteiger charge is 2.25. The zero-order valence-electron chi connectivity index (χ0n) is 14.3. The molecule has 0 saturated heterocycles. The molecule has 4 nitrogen and oxygen atoms in total. The minimum atomic E-state index is -0.720. The van der Waals surface area contributed by atoms with Gasteiger partial charge in [0.25, 0.3) is 0 Å². The van der Waals surface area contributed by atoms with Crippen LogP contribution in [-0.4, -0.2) is 42.1 Å². The fourth-order valence-electron chi connectivity index (χ4n) is 2.81. The second-order valence-electron chi connectivity index (χ2n) is 5.96. The van der Waals surface area contributed by atoms with Crippen molar-refractivity contribution < 1.29 is 14.6 Å². The van der Waals surface area contributed by atoms with E-state index in [9.17, 15) is 9.90 Å². The number of nitrogens with zero attached hydrogens (tertiary/aromatic N) is 1. The summed E-state index contributed by atoms with van der Waals surface area (Å²) >= 11 is 5.79. The highest BCUT2D eigenvalue weighted by Crippen LogP contribution is 2.24. The first-order valence-electron chi connectivity index (χ1n) is 8.25. The lowest BCUT2D eigenvalue weighted by atomic mass is 9.95. The number of rotatable bonds is 9. The number of carbonyl (C=O) groups is 1. The zero-order chi connectivity index (χ0) is 18.1. The van der Waals surface area contributed by atoms with Gasteiger partial charge in [0.15, 0.2) is 0 Å². The number of alkyl halides is 1. The maximum absolute atomic E-state index is 12.3. The number of ether oxygens (including phenoxy) is 1. The number of amides is 1. The average Bonchev–Trinajstić information content (AvgIpc) is 2.67. The van der Waals surface area contributed by atoms with E-state index in [0.29, 0.717) is 19.7 Å². The summed E-state index contributed by atoms with van der Waals surface area (Å²) in [6.45, 7) is 1.16. The van der Waals surface area contributed by atoms with Crippen LogP contribution in [0.5, 0.6) is 0 Å². The quantitative estimate of drug-likeness (QED) is 0.697. The summed E-state index contributed by atoms with van der Waals surface area (Å²) in [5, 5.41) is 10.7. The first-order chi connectivity index (χ1) is 12.2. The van der Waals surface area contributed by atoms with Crippen molar-refractivity contribution in [2.45, 2.75) is 12.6 Å². The number of carbonyl (C=O) groups excluding carboxylic acids is 1. The summed E-state index contributed by atoms with van der Waals surface area (Å²) in [5.74, 6) is -0.497. The number of aliphatic hydroxyl groups excluding tert-OH is 1. The molecule has 0 aliphatic heterocycles. The molecule has 0 saturated carbocycles. The summed E-state index contributed by atoms with van der Waals surface area (Å²) in [7, 11) is 1.59. The molecule has 5 heteroatoms. The van der Waals surface area contributed by atoms with E-state index in [-0.39, 0.29) is 17.7 Å². The molecule has 0 aliphatic carbocycles. The van der Waals surface area contributed by atoms with Crippen molar-refractivity contribution in [2.24, 2.45) is 5.92 Å². The minimum Gasteiger partial charge on any atom is -0.388 e. The first kappa shape index (κ1) is 19.4. The minimum absolute atomic E-state index is 0.0893. The zero-order valence-corrected chi connectivity index (χ0v) is 15.1. The highest BCUT2D eigenvalue weighted by molar-refractivity contribution is 6.27. The Balaban J connectivity index is 2.15. The van der Waals surface area contributed by atoms with Crippen LogP contribution in [0.15, 0.2) is 60.7 Å². The van der Waals surface area contributed by atoms with Crippen molar-refractivity contribution in [2.75, 3.05) is 26.1 Å². The van der Waals surface area contributed by atoms with Gasteiger partial charge in [0, 0.05) is 26.1 Å². The standard InChI is InChI=1S/C20H24ClNO3/c1-25-15-18(20(24)17-10-6-3-7-11-17)14-22(19(23)12-21)13-16-8-4-2-5-9-16/h2-11,18,20,24H,12-15H2,1H3/t18-,20?/m0/s1. The number of methoxy groups -OCH3 is 1. The Hall–Kier alpha value is -1.88. The van der Waals surface area contributed by atoms with Gasteiger partial charge in [0.1, 0.15) is 5.88 Å². The molecule has 2 aromatic rings. The molecular formula is C20H24ClNO3. The summed E-state index contributed by atoms with van der Waals surface area (Å²) in [4.78, 5) is 14.0. The van der Waals surface area contributed by atoms with Crippen LogP contribution < -0.4 is 0 Å². The van der Waals surface area contributed by atoms with E-state index in [1.165, 1.54) is 0 Å². The van der Waals surface area contributed by atoms with E-state index in [1.54, 1.807) is 12.0 Å². The summed E-state index contributed by atoms with van der Waals surface area (Å²) < 4.78 is 5.28. The Morgan fingerprint density at radius 1 is 1.12 bits per heavy atom. The molecule has 2 rings (SSSR count). The third kappa shape index (κ3) is 5.85. The van der Waals surface area contributed by atoms with Crippen LogP contribution >= 0.6 is 11.6 Å². The predicted octanol–water partition coefficient (Wildman–Crippen LogP) is 3.25. The Morgan fingerprint density at radius 2 is 1.72 bits per heavy atom. The molecule has 0 heterocycles. The van der Waals surface area contributed by atoms with Gasteiger partial charge in [0.2, 0.25) is 5.91 Å². The summed E-state index contributed by atoms with van der Waals surface area (Å²) in [5.41, 5.74) is 1.83. The average molecular weight is 362 g/mol. The number of benzene rings is 2. The molecule has 0 radical (unpaired) electrons. The lowest BCUT2D eigenvalue weighted by Gasteiger charge is -2.30. The van der Waals surface area contributed by atoms with Crippen LogP contribution in [0.25, 0.3) is 0 Å². The maximum Gasteiger partial charge on any atom is 0.237 e. The fraction of sp³-hybridized carbons (Fsp3) is 0.350. The SMILES string of the molecule is COC[C@H](CN(Cc1ccccc1)C(=O)CCl)C(O)c1ccccc1. The van der Waals surface area contributed by atoms with Crippen LogP contribution in [0, 0.1) is 5.92 Å². The molecule has 0 aliphatic rings. The molecule has 134 valence electrons. The molecule has 1 unspecified atom stereocenters. The van der Waals surface area contributed by atoms with Crippen molar-refractivity contribution in [1.82, 2.24) is 4.90 Å². The van der Waals surface area contributed by atoms with E-state index in [0.717, 1.165) is 11.1 Å². The van der Waals surface area contributed by atoms with E-state index in [2.05, 4.69) is 0 Å². The lowest BCUT2D eigenvalue weighted by Crippen LogP contribution is -2.39. The van der Waals surface area contributed by atoms with E-state index < -0.39 is 6.10 Å². The molecule has 1 amide bonds. The Morgan fingerprint density at radius 3 is 2.28 bits per heavy atom. The molecule has 2 atom stereocenters. The number of aliphatic hydroxyl groups is 1. The van der Waals surface area contributed by atoms with Gasteiger partial charge in [-0.3, -0.25) is 4.79 Å². The second-order valence-corrected chi connectivity index (χ2v) is 6.23. The van der Waals surface area contributed by atoms with Crippen molar-refractivity contribution in [3.05, 3.63) is 71.8 Å². The van der Waals surface area contributed by atoms with Gasteiger partial charge in [-0.15, -0.1) is 11.6 Å². The predicted molar refractivity (Wildman–Crippen MR) is 99.3 cm³/mol. The molecule has 0 spiro atoms. The van der Waals surface area contributed by atoms with Gasteiger partial charge in [-0.25, -0.2) is 0 Å². The Kier molecular flexibility index (Phi) is 7.92. The summed E-state index contributed by atoms with van der Waals surface area (Å²) in [6.07, 6.45) is -0.720. The van der Waals surface area contributed by atoms with Gasteiger partial charge in [-0.1, -0.05) is 60.7 Å². The number of hydrogen-bond acceptors (Lipinski definition) is 3. The van der Waals surface area contributed by atoms with Gasteiger partial charge in [-0.05, 0) is 11.1 Å². The molecule has 0 bridgehead atoms. The van der Waals surface area contributed by atoms with Gasteiger partial charge in [-0.2, -0.15) is 0 Å². The van der Waals surface area contributed by atoms with Gasteiger partial charge < -0.3 is 14.7 Å². The Bertz CT molecular complexity index is 636. The normalized spacial score (nSPS) is 13.2. The topological polar surface area (TPSA) is 49.8 Å². The summed E-state index contributed by atoms with van der Waals surface area (Å²) in [6, 6.07) is 19.2. The molecule has 0 aromatic heterocycles. The monoisotopic (exact) mass is 361 g/mol. The third-order valence-corrected chi connectivity index (χ3v) is 4.34. The number of halogens is 1. The van der Waals surface area contributed by atoms with E-state index in [1.807, 2.05) is 60.7 Å². The number of hydrogen-bond donors (Lipinski definition) is 1. The first-order valence-corrected chi connectivity index (χ1v) is 8.78. The highest BCUT2D eigenvalue weighted by atomic mass is 35.5. The van der Waals surface area contributed by atoms with Crippen LogP contribution in [0.4, 0.5) is 0 Å². The molecule has 25 heavy (non-hydrogen) atoms.